The third-order valence-electron chi connectivity index (χ3n) is 3.12. The third-order valence-corrected chi connectivity index (χ3v) is 3.12. The molecular formula is C15H15N3O2. The van der Waals surface area contributed by atoms with Gasteiger partial charge in [-0.25, -0.2) is 4.98 Å². The van der Waals surface area contributed by atoms with Crippen molar-refractivity contribution in [3.8, 4) is 6.07 Å². The van der Waals surface area contributed by atoms with Crippen molar-refractivity contribution >= 4 is 22.7 Å². The van der Waals surface area contributed by atoms with E-state index in [2.05, 4.69) is 11.1 Å². The molecular weight excluding hydrogens is 254 g/mol. The molecule has 0 fully saturated rings. The highest BCUT2D eigenvalue weighted by Gasteiger charge is 2.11. The van der Waals surface area contributed by atoms with E-state index in [1.807, 2.05) is 36.1 Å². The zero-order chi connectivity index (χ0) is 14.5. The number of hydrogen-bond donors (Lipinski definition) is 1. The fourth-order valence-corrected chi connectivity index (χ4v) is 2.08. The number of anilines is 1. The Labute approximate surface area is 117 Å². The Kier molecular flexibility index (Phi) is 4.16. The van der Waals surface area contributed by atoms with Crippen LogP contribution in [-0.4, -0.2) is 29.1 Å². The van der Waals surface area contributed by atoms with E-state index >= 15 is 0 Å². The number of para-hydroxylation sites is 1. The van der Waals surface area contributed by atoms with E-state index in [4.69, 9.17) is 5.11 Å². The van der Waals surface area contributed by atoms with E-state index in [0.717, 1.165) is 10.9 Å². The second-order valence-electron chi connectivity index (χ2n) is 4.38. The molecule has 0 aliphatic heterocycles. The molecule has 102 valence electrons. The molecule has 0 spiro atoms. The number of nitrogens with zero attached hydrogens (tertiary/aromatic N) is 3. The standard InChI is InChI=1S/C15H15N3O2/c1-2-18(8-7-15(19)20)14-9-11(10-16)12-5-3-4-6-13(12)17-14/h3-6,9H,2,7-8H2,1H3,(H,19,20). The van der Waals surface area contributed by atoms with E-state index in [0.29, 0.717) is 24.5 Å². The van der Waals surface area contributed by atoms with Gasteiger partial charge in [-0.05, 0) is 19.1 Å². The van der Waals surface area contributed by atoms with Gasteiger partial charge in [0, 0.05) is 18.5 Å². The van der Waals surface area contributed by atoms with Crippen molar-refractivity contribution in [3.05, 3.63) is 35.9 Å². The number of carboxylic acids is 1. The number of pyridine rings is 1. The van der Waals surface area contributed by atoms with Gasteiger partial charge in [0.05, 0.1) is 23.6 Å². The Morgan fingerprint density at radius 1 is 1.45 bits per heavy atom. The molecule has 0 saturated heterocycles. The lowest BCUT2D eigenvalue weighted by molar-refractivity contribution is -0.136. The lowest BCUT2D eigenvalue weighted by atomic mass is 10.1. The maximum atomic E-state index is 10.7. The minimum absolute atomic E-state index is 0.0459. The summed E-state index contributed by atoms with van der Waals surface area (Å²) >= 11 is 0. The van der Waals surface area contributed by atoms with Gasteiger partial charge in [-0.2, -0.15) is 5.26 Å². The van der Waals surface area contributed by atoms with Crippen molar-refractivity contribution in [2.75, 3.05) is 18.0 Å². The first kappa shape index (κ1) is 13.8. The van der Waals surface area contributed by atoms with Crippen LogP contribution in [-0.2, 0) is 4.79 Å². The number of carboxylic acid groups (broad SMARTS) is 1. The first-order valence-electron chi connectivity index (χ1n) is 6.42. The second kappa shape index (κ2) is 6.02. The van der Waals surface area contributed by atoms with Gasteiger partial charge >= 0.3 is 5.97 Å². The Hall–Kier alpha value is -2.61. The van der Waals surface area contributed by atoms with E-state index in [9.17, 15) is 10.1 Å². The molecule has 1 aromatic carbocycles. The summed E-state index contributed by atoms with van der Waals surface area (Å²) in [5, 5.41) is 18.8. The molecule has 0 amide bonds. The zero-order valence-electron chi connectivity index (χ0n) is 11.2. The number of hydrogen-bond acceptors (Lipinski definition) is 4. The quantitative estimate of drug-likeness (QED) is 0.901. The molecule has 0 unspecified atom stereocenters. The van der Waals surface area contributed by atoms with Crippen LogP contribution in [0.5, 0.6) is 0 Å². The van der Waals surface area contributed by atoms with Crippen LogP contribution in [0.4, 0.5) is 5.82 Å². The van der Waals surface area contributed by atoms with E-state index in [1.165, 1.54) is 0 Å². The van der Waals surface area contributed by atoms with Crippen LogP contribution in [0, 0.1) is 11.3 Å². The van der Waals surface area contributed by atoms with Crippen LogP contribution in [0.15, 0.2) is 30.3 Å². The average molecular weight is 269 g/mol. The monoisotopic (exact) mass is 269 g/mol. The number of nitriles is 1. The average Bonchev–Trinajstić information content (AvgIpc) is 2.46. The summed E-state index contributed by atoms with van der Waals surface area (Å²) in [6.07, 6.45) is 0.0459. The lowest BCUT2D eigenvalue weighted by Crippen LogP contribution is -2.26. The molecule has 20 heavy (non-hydrogen) atoms. The smallest absolute Gasteiger partial charge is 0.305 e. The summed E-state index contributed by atoms with van der Waals surface area (Å²) in [5.41, 5.74) is 1.30. The first-order chi connectivity index (χ1) is 9.65. The minimum atomic E-state index is -0.843. The summed E-state index contributed by atoms with van der Waals surface area (Å²) in [5.74, 6) is -0.200. The van der Waals surface area contributed by atoms with Crippen molar-refractivity contribution in [1.29, 1.82) is 5.26 Å². The maximum absolute atomic E-state index is 10.7. The Morgan fingerprint density at radius 2 is 2.20 bits per heavy atom. The summed E-state index contributed by atoms with van der Waals surface area (Å²) in [6.45, 7) is 2.95. The van der Waals surface area contributed by atoms with Crippen LogP contribution < -0.4 is 4.90 Å². The van der Waals surface area contributed by atoms with Crippen LogP contribution in [0.2, 0.25) is 0 Å². The summed E-state index contributed by atoms with van der Waals surface area (Å²) < 4.78 is 0. The third kappa shape index (κ3) is 2.86. The first-order valence-corrected chi connectivity index (χ1v) is 6.42. The molecule has 0 aliphatic rings. The predicted octanol–water partition coefficient (Wildman–Crippen LogP) is 2.41. The van der Waals surface area contributed by atoms with Gasteiger partial charge in [-0.1, -0.05) is 18.2 Å². The highest BCUT2D eigenvalue weighted by molar-refractivity contribution is 5.86. The Morgan fingerprint density at radius 3 is 2.85 bits per heavy atom. The molecule has 0 atom stereocenters. The highest BCUT2D eigenvalue weighted by atomic mass is 16.4. The molecule has 0 aliphatic carbocycles. The number of rotatable bonds is 5. The molecule has 0 saturated carbocycles. The van der Waals surface area contributed by atoms with Crippen molar-refractivity contribution in [1.82, 2.24) is 4.98 Å². The highest BCUT2D eigenvalue weighted by Crippen LogP contribution is 2.22. The number of aliphatic carboxylic acids is 1. The topological polar surface area (TPSA) is 77.2 Å². The fourth-order valence-electron chi connectivity index (χ4n) is 2.08. The van der Waals surface area contributed by atoms with Crippen LogP contribution in [0.3, 0.4) is 0 Å². The lowest BCUT2D eigenvalue weighted by Gasteiger charge is -2.21. The van der Waals surface area contributed by atoms with Crippen LogP contribution >= 0.6 is 0 Å². The number of fused-ring (bicyclic) bond motifs is 1. The van der Waals surface area contributed by atoms with Gasteiger partial charge < -0.3 is 10.0 Å². The molecule has 1 heterocycles. The van der Waals surface area contributed by atoms with Gasteiger partial charge in [0.25, 0.3) is 0 Å². The maximum Gasteiger partial charge on any atom is 0.305 e. The van der Waals surface area contributed by atoms with Crippen molar-refractivity contribution < 1.29 is 9.90 Å². The number of carbonyl (C=O) groups is 1. The molecule has 2 rings (SSSR count). The van der Waals surface area contributed by atoms with E-state index in [-0.39, 0.29) is 6.42 Å². The van der Waals surface area contributed by atoms with Gasteiger partial charge in [0.15, 0.2) is 0 Å². The van der Waals surface area contributed by atoms with Crippen LogP contribution in [0.25, 0.3) is 10.9 Å². The van der Waals surface area contributed by atoms with E-state index in [1.54, 1.807) is 6.07 Å². The van der Waals surface area contributed by atoms with Crippen molar-refractivity contribution in [2.45, 2.75) is 13.3 Å². The molecule has 2 aromatic rings. The normalized spacial score (nSPS) is 10.2. The van der Waals surface area contributed by atoms with Crippen LogP contribution in [0.1, 0.15) is 18.9 Å². The minimum Gasteiger partial charge on any atom is -0.481 e. The van der Waals surface area contributed by atoms with Gasteiger partial charge in [0.1, 0.15) is 5.82 Å². The largest absolute Gasteiger partial charge is 0.481 e. The Balaban J connectivity index is 2.43. The molecule has 0 bridgehead atoms. The molecule has 1 aromatic heterocycles. The zero-order valence-corrected chi connectivity index (χ0v) is 11.2. The summed E-state index contributed by atoms with van der Waals surface area (Å²) in [6, 6.07) is 11.3. The summed E-state index contributed by atoms with van der Waals surface area (Å²) in [4.78, 5) is 17.1. The fraction of sp³-hybridized carbons (Fsp3) is 0.267. The van der Waals surface area contributed by atoms with Crippen molar-refractivity contribution in [2.24, 2.45) is 0 Å². The second-order valence-corrected chi connectivity index (χ2v) is 4.38. The molecule has 5 nitrogen and oxygen atoms in total. The SMILES string of the molecule is CCN(CCC(=O)O)c1cc(C#N)c2ccccc2n1. The molecule has 1 N–H and O–H groups in total. The molecule has 5 heteroatoms. The Bertz CT molecular complexity index is 676. The number of aromatic nitrogens is 1. The van der Waals surface area contributed by atoms with Crippen molar-refractivity contribution in [3.63, 3.8) is 0 Å². The van der Waals surface area contributed by atoms with E-state index < -0.39 is 5.97 Å². The predicted molar refractivity (Wildman–Crippen MR) is 76.6 cm³/mol. The number of benzene rings is 1. The van der Waals surface area contributed by atoms with Gasteiger partial charge in [-0.3, -0.25) is 4.79 Å². The molecule has 0 radical (unpaired) electrons. The van der Waals surface area contributed by atoms with Gasteiger partial charge in [0.2, 0.25) is 0 Å². The van der Waals surface area contributed by atoms with Gasteiger partial charge in [-0.15, -0.1) is 0 Å². The summed E-state index contributed by atoms with van der Waals surface area (Å²) in [7, 11) is 0.